The van der Waals surface area contributed by atoms with Crippen molar-refractivity contribution in [3.8, 4) is 0 Å². The number of carbonyl (C=O) groups excluding carboxylic acids is 1. The number of pyridine rings is 1. The molecule has 0 unspecified atom stereocenters. The molecule has 1 aliphatic carbocycles. The highest BCUT2D eigenvalue weighted by Gasteiger charge is 2.26. The van der Waals surface area contributed by atoms with Crippen LogP contribution in [0.1, 0.15) is 51.9 Å². The smallest absolute Gasteiger partial charge is 0.228 e. The van der Waals surface area contributed by atoms with Crippen molar-refractivity contribution in [3.05, 3.63) is 23.4 Å². The van der Waals surface area contributed by atoms with Gasteiger partial charge in [0.15, 0.2) is 0 Å². The molecule has 1 amide bonds. The summed E-state index contributed by atoms with van der Waals surface area (Å²) in [6, 6.07) is 3.49. The van der Waals surface area contributed by atoms with Gasteiger partial charge in [0.2, 0.25) is 5.91 Å². The lowest BCUT2D eigenvalue weighted by atomic mass is 9.79. The van der Waals surface area contributed by atoms with Crippen molar-refractivity contribution in [2.24, 2.45) is 11.8 Å². The largest absolute Gasteiger partial charge is 0.310 e. The van der Waals surface area contributed by atoms with E-state index in [1.807, 2.05) is 0 Å². The number of hydrogen-bond donors (Lipinski definition) is 1. The number of nitrogens with zero attached hydrogens (tertiary/aromatic N) is 1. The van der Waals surface area contributed by atoms with E-state index in [-0.39, 0.29) is 11.8 Å². The van der Waals surface area contributed by atoms with Crippen LogP contribution in [0.4, 0.5) is 5.82 Å². The summed E-state index contributed by atoms with van der Waals surface area (Å²) in [6.45, 7) is 2.23. The lowest BCUT2D eigenvalue weighted by molar-refractivity contribution is -0.121. The predicted molar refractivity (Wildman–Crippen MR) is 82.8 cm³/mol. The first-order chi connectivity index (χ1) is 9.69. The monoisotopic (exact) mass is 294 g/mol. The predicted octanol–water partition coefficient (Wildman–Crippen LogP) is 4.67. The number of anilines is 1. The fourth-order valence-electron chi connectivity index (χ4n) is 2.88. The van der Waals surface area contributed by atoms with E-state index in [2.05, 4.69) is 17.2 Å². The van der Waals surface area contributed by atoms with Crippen LogP contribution in [-0.2, 0) is 4.79 Å². The Morgan fingerprint density at radius 2 is 2.10 bits per heavy atom. The van der Waals surface area contributed by atoms with Crippen LogP contribution in [0.15, 0.2) is 18.3 Å². The molecule has 0 aromatic carbocycles. The van der Waals surface area contributed by atoms with Gasteiger partial charge < -0.3 is 5.32 Å². The molecule has 0 radical (unpaired) electrons. The summed E-state index contributed by atoms with van der Waals surface area (Å²) in [7, 11) is 0. The minimum absolute atomic E-state index is 0.105. The summed E-state index contributed by atoms with van der Waals surface area (Å²) in [5, 5.41) is 3.47. The highest BCUT2D eigenvalue weighted by Crippen LogP contribution is 2.32. The van der Waals surface area contributed by atoms with Crippen LogP contribution in [0, 0.1) is 11.8 Å². The van der Waals surface area contributed by atoms with Crippen molar-refractivity contribution < 1.29 is 4.79 Å². The van der Waals surface area contributed by atoms with Gasteiger partial charge in [-0.3, -0.25) is 4.79 Å². The van der Waals surface area contributed by atoms with Gasteiger partial charge in [0.1, 0.15) is 5.82 Å². The first kappa shape index (κ1) is 15.3. The molecule has 0 spiro atoms. The molecule has 0 aliphatic heterocycles. The van der Waals surface area contributed by atoms with E-state index in [1.165, 1.54) is 32.1 Å². The summed E-state index contributed by atoms with van der Waals surface area (Å²) in [5.74, 6) is 1.67. The molecule has 20 heavy (non-hydrogen) atoms. The molecule has 1 aliphatic rings. The third-order valence-electron chi connectivity index (χ3n) is 4.16. The van der Waals surface area contributed by atoms with Gasteiger partial charge in [-0.15, -0.1) is 0 Å². The second-order valence-corrected chi connectivity index (χ2v) is 6.15. The lowest BCUT2D eigenvalue weighted by Crippen LogP contribution is -2.27. The van der Waals surface area contributed by atoms with Crippen LogP contribution in [0.25, 0.3) is 0 Å². The SMILES string of the molecule is CCCCC1CCC(C(=O)Nc2ccc(Cl)cn2)CC1. The van der Waals surface area contributed by atoms with Gasteiger partial charge in [0, 0.05) is 12.1 Å². The minimum Gasteiger partial charge on any atom is -0.310 e. The first-order valence-corrected chi connectivity index (χ1v) is 7.99. The number of amides is 1. The normalized spacial score (nSPS) is 22.5. The van der Waals surface area contributed by atoms with Gasteiger partial charge in [-0.2, -0.15) is 0 Å². The molecule has 1 aromatic heterocycles. The highest BCUT2D eigenvalue weighted by atomic mass is 35.5. The molecular formula is C16H23ClN2O. The number of carbonyl (C=O) groups is 1. The number of unbranched alkanes of at least 4 members (excludes halogenated alkanes) is 1. The maximum absolute atomic E-state index is 12.2. The van der Waals surface area contributed by atoms with E-state index in [9.17, 15) is 4.79 Å². The zero-order valence-corrected chi connectivity index (χ0v) is 12.8. The Kier molecular flexibility index (Phi) is 5.84. The van der Waals surface area contributed by atoms with Gasteiger partial charge in [0.05, 0.1) is 5.02 Å². The van der Waals surface area contributed by atoms with Gasteiger partial charge >= 0.3 is 0 Å². The molecule has 1 aromatic rings. The average Bonchev–Trinajstić information content (AvgIpc) is 2.48. The van der Waals surface area contributed by atoms with Crippen LogP contribution in [-0.4, -0.2) is 10.9 Å². The Hall–Kier alpha value is -1.09. The molecule has 4 heteroatoms. The average molecular weight is 295 g/mol. The number of hydrogen-bond acceptors (Lipinski definition) is 2. The van der Waals surface area contributed by atoms with Crippen LogP contribution >= 0.6 is 11.6 Å². The zero-order valence-electron chi connectivity index (χ0n) is 12.1. The van der Waals surface area contributed by atoms with Gasteiger partial charge in [-0.1, -0.05) is 37.8 Å². The van der Waals surface area contributed by atoms with Crippen LogP contribution in [0.3, 0.4) is 0 Å². The summed E-state index contributed by atoms with van der Waals surface area (Å²) in [4.78, 5) is 16.3. The second kappa shape index (κ2) is 7.63. The zero-order chi connectivity index (χ0) is 14.4. The van der Waals surface area contributed by atoms with Gasteiger partial charge in [-0.25, -0.2) is 4.98 Å². The fraction of sp³-hybridized carbons (Fsp3) is 0.625. The first-order valence-electron chi connectivity index (χ1n) is 7.61. The molecule has 0 saturated heterocycles. The topological polar surface area (TPSA) is 42.0 Å². The van der Waals surface area contributed by atoms with Crippen molar-refractivity contribution >= 4 is 23.3 Å². The summed E-state index contributed by atoms with van der Waals surface area (Å²) in [5.41, 5.74) is 0. The summed E-state index contributed by atoms with van der Waals surface area (Å²) >= 11 is 5.78. The Bertz CT molecular complexity index is 425. The molecule has 0 bridgehead atoms. The Morgan fingerprint density at radius 1 is 1.35 bits per heavy atom. The van der Waals surface area contributed by atoms with Gasteiger partial charge in [-0.05, 0) is 43.7 Å². The third kappa shape index (κ3) is 4.48. The second-order valence-electron chi connectivity index (χ2n) is 5.71. The van der Waals surface area contributed by atoms with Gasteiger partial charge in [0.25, 0.3) is 0 Å². The van der Waals surface area contributed by atoms with E-state index >= 15 is 0 Å². The Labute approximate surface area is 126 Å². The maximum atomic E-state index is 12.2. The third-order valence-corrected chi connectivity index (χ3v) is 4.39. The van der Waals surface area contributed by atoms with E-state index < -0.39 is 0 Å². The maximum Gasteiger partial charge on any atom is 0.228 e. The van der Waals surface area contributed by atoms with Crippen molar-refractivity contribution in [2.75, 3.05) is 5.32 Å². The fourth-order valence-corrected chi connectivity index (χ4v) is 3.00. The minimum atomic E-state index is 0.105. The molecule has 1 heterocycles. The summed E-state index contributed by atoms with van der Waals surface area (Å²) in [6.07, 6.45) is 9.85. The number of aromatic nitrogens is 1. The molecule has 1 saturated carbocycles. The lowest BCUT2D eigenvalue weighted by Gasteiger charge is -2.27. The van der Waals surface area contributed by atoms with E-state index in [4.69, 9.17) is 11.6 Å². The molecule has 0 atom stereocenters. The number of nitrogens with one attached hydrogen (secondary N) is 1. The van der Waals surface area contributed by atoms with Crippen LogP contribution in [0.5, 0.6) is 0 Å². The van der Waals surface area contributed by atoms with Crippen molar-refractivity contribution in [1.29, 1.82) is 0 Å². The van der Waals surface area contributed by atoms with Crippen molar-refractivity contribution in [1.82, 2.24) is 4.98 Å². The van der Waals surface area contributed by atoms with E-state index in [0.29, 0.717) is 10.8 Å². The molecular weight excluding hydrogens is 272 g/mol. The summed E-state index contributed by atoms with van der Waals surface area (Å²) < 4.78 is 0. The Morgan fingerprint density at radius 3 is 2.70 bits per heavy atom. The van der Waals surface area contributed by atoms with Crippen LogP contribution in [0.2, 0.25) is 5.02 Å². The molecule has 3 nitrogen and oxygen atoms in total. The molecule has 110 valence electrons. The van der Waals surface area contributed by atoms with Crippen molar-refractivity contribution in [3.63, 3.8) is 0 Å². The highest BCUT2D eigenvalue weighted by molar-refractivity contribution is 6.30. The quantitative estimate of drug-likeness (QED) is 0.857. The molecule has 2 rings (SSSR count). The van der Waals surface area contributed by atoms with Crippen molar-refractivity contribution in [2.45, 2.75) is 51.9 Å². The number of rotatable bonds is 5. The molecule has 1 N–H and O–H groups in total. The Balaban J connectivity index is 1.78. The standard InChI is InChI=1S/C16H23ClN2O/c1-2-3-4-12-5-7-13(8-6-12)16(20)19-15-10-9-14(17)11-18-15/h9-13H,2-8H2,1H3,(H,18,19,20). The number of halogens is 1. The molecule has 1 fully saturated rings. The van der Waals surface area contributed by atoms with E-state index in [1.54, 1.807) is 18.3 Å². The van der Waals surface area contributed by atoms with E-state index in [0.717, 1.165) is 18.8 Å². The van der Waals surface area contributed by atoms with Crippen LogP contribution < -0.4 is 5.32 Å².